The SMILES string of the molecule is CC(C)C(NC(=O)[C@@H]1CCCN(S(=O)(=O)c2ccc(Cl)cc2)C1)C(C)C. The summed E-state index contributed by atoms with van der Waals surface area (Å²) in [5.41, 5.74) is 0. The number of hydrogen-bond donors (Lipinski definition) is 1. The van der Waals surface area contributed by atoms with Gasteiger partial charge >= 0.3 is 0 Å². The quantitative estimate of drug-likeness (QED) is 0.794. The number of sulfonamides is 1. The molecule has 0 bridgehead atoms. The summed E-state index contributed by atoms with van der Waals surface area (Å²) in [6.45, 7) is 9.00. The fraction of sp³-hybridized carbons (Fsp3) is 0.632. The molecule has 0 spiro atoms. The van der Waals surface area contributed by atoms with E-state index in [9.17, 15) is 13.2 Å². The summed E-state index contributed by atoms with van der Waals surface area (Å²) in [6, 6.07) is 6.24. The zero-order valence-electron chi connectivity index (χ0n) is 15.9. The minimum atomic E-state index is -3.61. The Kier molecular flexibility index (Phi) is 7.11. The van der Waals surface area contributed by atoms with Gasteiger partial charge in [-0.05, 0) is 48.9 Å². The van der Waals surface area contributed by atoms with E-state index >= 15 is 0 Å². The summed E-state index contributed by atoms with van der Waals surface area (Å²) in [4.78, 5) is 12.9. The van der Waals surface area contributed by atoms with Crippen molar-refractivity contribution in [2.75, 3.05) is 13.1 Å². The van der Waals surface area contributed by atoms with Gasteiger partial charge in [0.15, 0.2) is 0 Å². The number of benzene rings is 1. The highest BCUT2D eigenvalue weighted by Crippen LogP contribution is 2.25. The molecule has 0 unspecified atom stereocenters. The minimum absolute atomic E-state index is 0.0478. The molecule has 0 aliphatic carbocycles. The fourth-order valence-corrected chi connectivity index (χ4v) is 5.17. The van der Waals surface area contributed by atoms with Crippen LogP contribution in [-0.4, -0.2) is 37.8 Å². The molecule has 1 fully saturated rings. The minimum Gasteiger partial charge on any atom is -0.353 e. The molecular formula is C19H29ClN2O3S. The Balaban J connectivity index is 2.10. The van der Waals surface area contributed by atoms with E-state index in [-0.39, 0.29) is 29.3 Å². The van der Waals surface area contributed by atoms with E-state index in [1.54, 1.807) is 12.1 Å². The van der Waals surface area contributed by atoms with Gasteiger partial charge in [0.1, 0.15) is 0 Å². The molecule has 146 valence electrons. The van der Waals surface area contributed by atoms with Crippen molar-refractivity contribution in [3.63, 3.8) is 0 Å². The smallest absolute Gasteiger partial charge is 0.243 e. The van der Waals surface area contributed by atoms with Crippen molar-refractivity contribution in [3.05, 3.63) is 29.3 Å². The second kappa shape index (κ2) is 8.72. The second-order valence-corrected chi connectivity index (χ2v) is 10.1. The van der Waals surface area contributed by atoms with Crippen molar-refractivity contribution in [2.24, 2.45) is 17.8 Å². The molecule has 1 saturated heterocycles. The highest BCUT2D eigenvalue weighted by molar-refractivity contribution is 7.89. The molecule has 1 N–H and O–H groups in total. The molecule has 1 amide bonds. The number of nitrogens with one attached hydrogen (secondary N) is 1. The van der Waals surface area contributed by atoms with Crippen molar-refractivity contribution < 1.29 is 13.2 Å². The lowest BCUT2D eigenvalue weighted by atomic mass is 9.91. The maximum atomic E-state index is 12.9. The molecule has 0 aromatic heterocycles. The molecule has 1 aromatic rings. The van der Waals surface area contributed by atoms with Crippen LogP contribution in [0.25, 0.3) is 0 Å². The zero-order chi connectivity index (χ0) is 19.5. The van der Waals surface area contributed by atoms with Crippen LogP contribution in [0.4, 0.5) is 0 Å². The Bertz CT molecular complexity index is 709. The summed E-state index contributed by atoms with van der Waals surface area (Å²) < 4.78 is 27.1. The number of carbonyl (C=O) groups is 1. The highest BCUT2D eigenvalue weighted by Gasteiger charge is 2.34. The van der Waals surface area contributed by atoms with Gasteiger partial charge in [-0.3, -0.25) is 4.79 Å². The third kappa shape index (κ3) is 4.99. The van der Waals surface area contributed by atoms with E-state index in [0.717, 1.165) is 0 Å². The van der Waals surface area contributed by atoms with Gasteiger partial charge < -0.3 is 5.32 Å². The predicted octanol–water partition coefficient (Wildman–Crippen LogP) is 3.54. The van der Waals surface area contributed by atoms with E-state index in [0.29, 0.717) is 36.2 Å². The van der Waals surface area contributed by atoms with E-state index in [2.05, 4.69) is 33.0 Å². The molecule has 2 rings (SSSR count). The van der Waals surface area contributed by atoms with Gasteiger partial charge in [-0.2, -0.15) is 4.31 Å². The first kappa shape index (κ1) is 21.2. The normalized spacial score (nSPS) is 19.3. The largest absolute Gasteiger partial charge is 0.353 e. The number of hydrogen-bond acceptors (Lipinski definition) is 3. The lowest BCUT2D eigenvalue weighted by molar-refractivity contribution is -0.127. The van der Waals surface area contributed by atoms with Crippen molar-refractivity contribution in [1.29, 1.82) is 0 Å². The number of nitrogens with zero attached hydrogens (tertiary/aromatic N) is 1. The van der Waals surface area contributed by atoms with Gasteiger partial charge in [-0.1, -0.05) is 39.3 Å². The molecule has 5 nitrogen and oxygen atoms in total. The van der Waals surface area contributed by atoms with Gasteiger partial charge in [0.25, 0.3) is 0 Å². The average molecular weight is 401 g/mol. The number of rotatable bonds is 6. The Morgan fingerprint density at radius 3 is 2.27 bits per heavy atom. The van der Waals surface area contributed by atoms with Crippen LogP contribution in [0.2, 0.25) is 5.02 Å². The maximum Gasteiger partial charge on any atom is 0.243 e. The molecular weight excluding hydrogens is 372 g/mol. The van der Waals surface area contributed by atoms with Crippen LogP contribution in [0.1, 0.15) is 40.5 Å². The highest BCUT2D eigenvalue weighted by atomic mass is 35.5. The number of piperidine rings is 1. The summed E-state index contributed by atoms with van der Waals surface area (Å²) in [5, 5.41) is 3.62. The van der Waals surface area contributed by atoms with Crippen molar-refractivity contribution in [2.45, 2.75) is 51.5 Å². The van der Waals surface area contributed by atoms with Gasteiger partial charge in [0.2, 0.25) is 15.9 Å². The van der Waals surface area contributed by atoms with Crippen LogP contribution in [0.15, 0.2) is 29.2 Å². The van der Waals surface area contributed by atoms with Crippen molar-refractivity contribution in [1.82, 2.24) is 9.62 Å². The molecule has 1 heterocycles. The third-order valence-corrected chi connectivity index (χ3v) is 7.08. The predicted molar refractivity (Wildman–Crippen MR) is 105 cm³/mol. The monoisotopic (exact) mass is 400 g/mol. The van der Waals surface area contributed by atoms with Crippen LogP contribution in [-0.2, 0) is 14.8 Å². The van der Waals surface area contributed by atoms with Crippen LogP contribution in [0.3, 0.4) is 0 Å². The van der Waals surface area contributed by atoms with Crippen molar-refractivity contribution in [3.8, 4) is 0 Å². The lowest BCUT2D eigenvalue weighted by Gasteiger charge is -2.33. The molecule has 26 heavy (non-hydrogen) atoms. The maximum absolute atomic E-state index is 12.9. The number of halogens is 1. The topological polar surface area (TPSA) is 66.5 Å². The van der Waals surface area contributed by atoms with E-state index in [1.165, 1.54) is 16.4 Å². The first-order chi connectivity index (χ1) is 12.1. The molecule has 1 aromatic carbocycles. The summed E-state index contributed by atoms with van der Waals surface area (Å²) >= 11 is 5.85. The Labute approximate surface area is 162 Å². The Hall–Kier alpha value is -1.11. The fourth-order valence-electron chi connectivity index (χ4n) is 3.52. The Morgan fingerprint density at radius 1 is 1.15 bits per heavy atom. The molecule has 0 radical (unpaired) electrons. The van der Waals surface area contributed by atoms with Gasteiger partial charge in [0, 0.05) is 24.2 Å². The molecule has 1 aliphatic heterocycles. The van der Waals surface area contributed by atoms with Gasteiger partial charge in [-0.15, -0.1) is 0 Å². The summed E-state index contributed by atoms with van der Waals surface area (Å²) in [7, 11) is -3.61. The van der Waals surface area contributed by atoms with Crippen LogP contribution in [0, 0.1) is 17.8 Å². The van der Waals surface area contributed by atoms with Gasteiger partial charge in [0.05, 0.1) is 10.8 Å². The molecule has 0 saturated carbocycles. The van der Waals surface area contributed by atoms with E-state index in [4.69, 9.17) is 11.6 Å². The lowest BCUT2D eigenvalue weighted by Crippen LogP contribution is -2.49. The number of carbonyl (C=O) groups excluding carboxylic acids is 1. The van der Waals surface area contributed by atoms with Gasteiger partial charge in [-0.25, -0.2) is 8.42 Å². The van der Waals surface area contributed by atoms with Crippen LogP contribution < -0.4 is 5.32 Å². The van der Waals surface area contributed by atoms with Crippen LogP contribution in [0.5, 0.6) is 0 Å². The summed E-state index contributed by atoms with van der Waals surface area (Å²) in [6.07, 6.45) is 1.39. The standard InChI is InChI=1S/C19H29ClN2O3S/c1-13(2)18(14(3)4)21-19(23)15-6-5-11-22(12-15)26(24,25)17-9-7-16(20)8-10-17/h7-10,13-15,18H,5-6,11-12H2,1-4H3,(H,21,23)/t15-/m1/s1. The molecule has 1 atom stereocenters. The molecule has 7 heteroatoms. The Morgan fingerprint density at radius 2 is 1.73 bits per heavy atom. The first-order valence-corrected chi connectivity index (χ1v) is 11.0. The number of amides is 1. The van der Waals surface area contributed by atoms with E-state index in [1.807, 2.05) is 0 Å². The van der Waals surface area contributed by atoms with Crippen LogP contribution >= 0.6 is 11.6 Å². The summed E-state index contributed by atoms with van der Waals surface area (Å²) in [5.74, 6) is 0.298. The van der Waals surface area contributed by atoms with Crippen molar-refractivity contribution >= 4 is 27.5 Å². The third-order valence-electron chi connectivity index (χ3n) is 4.95. The van der Waals surface area contributed by atoms with E-state index < -0.39 is 10.0 Å². The first-order valence-electron chi connectivity index (χ1n) is 9.19. The molecule has 1 aliphatic rings. The average Bonchev–Trinajstić information content (AvgIpc) is 2.59. The second-order valence-electron chi connectivity index (χ2n) is 7.68. The zero-order valence-corrected chi connectivity index (χ0v) is 17.5.